The zero-order chi connectivity index (χ0) is 27.9. The highest BCUT2D eigenvalue weighted by molar-refractivity contribution is 14.1. The molecule has 9 heteroatoms. The van der Waals surface area contributed by atoms with Crippen LogP contribution in [0, 0.1) is 14.7 Å². The van der Waals surface area contributed by atoms with Crippen molar-refractivity contribution in [3.05, 3.63) is 81.0 Å². The molecule has 0 bridgehead atoms. The van der Waals surface area contributed by atoms with Gasteiger partial charge in [-0.3, -0.25) is 0 Å². The predicted octanol–water partition coefficient (Wildman–Crippen LogP) is 6.77. The third-order valence-corrected chi connectivity index (χ3v) is 8.18. The molecule has 0 saturated carbocycles. The van der Waals surface area contributed by atoms with Gasteiger partial charge < -0.3 is 33.5 Å². The summed E-state index contributed by atoms with van der Waals surface area (Å²) >= 11 is 2.26. The second kappa shape index (κ2) is 13.5. The summed E-state index contributed by atoms with van der Waals surface area (Å²) in [5.41, 5.74) is 1.60. The molecular weight excluding hydrogens is 623 g/mol. The fourth-order valence-corrected chi connectivity index (χ4v) is 5.61. The summed E-state index contributed by atoms with van der Waals surface area (Å²) in [4.78, 5) is 0. The summed E-state index contributed by atoms with van der Waals surface area (Å²) in [6.45, 7) is 2.00. The Labute approximate surface area is 248 Å². The summed E-state index contributed by atoms with van der Waals surface area (Å²) in [6, 6.07) is 15.3. The molecule has 0 radical (unpaired) electrons. The van der Waals surface area contributed by atoms with E-state index in [-0.39, 0.29) is 12.0 Å². The topological polar surface area (TPSA) is 77.1 Å². The molecule has 0 amide bonds. The minimum Gasteiger partial charge on any atom is -0.618 e. The molecular formula is C31H35IN2O6. The standard InChI is InChI=1S/C31H35IN2O6/c1-36-22-9-11-23(12-10-22)40-31-19-24(13-14-26(31)32)38-17-4-3-5-18-39-29-8-6-7-27-25(29)20-33-16-15-30(37-2)28(33)21-34(27)35/h7,9-16,19,21,25,29H,3-6,8,17-18,20H2,1-2H3/t25-,29?/m0/s1. The number of allylic oxidation sites excluding steroid dienone is 1. The molecule has 3 aromatic rings. The minimum absolute atomic E-state index is 0.0244. The van der Waals surface area contributed by atoms with Gasteiger partial charge in [-0.05, 0) is 103 Å². The number of fused-ring (bicyclic) bond motifs is 2. The smallest absolute Gasteiger partial charge is 0.208 e. The number of hydroxylamine groups is 1. The third-order valence-electron chi connectivity index (χ3n) is 7.29. The number of rotatable bonds is 12. The average Bonchev–Trinajstić information content (AvgIpc) is 3.28. The summed E-state index contributed by atoms with van der Waals surface area (Å²) in [6.07, 6.45) is 10.3. The van der Waals surface area contributed by atoms with Gasteiger partial charge in [-0.25, -0.2) is 0 Å². The normalized spacial score (nSPS) is 18.1. The van der Waals surface area contributed by atoms with Crippen molar-refractivity contribution in [2.75, 3.05) is 27.4 Å². The second-order valence-corrected chi connectivity index (χ2v) is 11.0. The summed E-state index contributed by atoms with van der Waals surface area (Å²) in [5.74, 6) is 3.82. The average molecular weight is 659 g/mol. The SMILES string of the molecule is COc1ccc(Oc2cc(OCCCCCOC3CCC=C4[C@@H]3Cn3ccc(OC)c3C=[N+]4[O-])ccc2I)cc1. The number of halogens is 1. The van der Waals surface area contributed by atoms with E-state index < -0.39 is 0 Å². The van der Waals surface area contributed by atoms with Gasteiger partial charge in [-0.2, -0.15) is 4.74 Å². The fraction of sp³-hybridized carbons (Fsp3) is 0.387. The molecule has 2 aromatic carbocycles. The lowest BCUT2D eigenvalue weighted by molar-refractivity contribution is -0.409. The zero-order valence-corrected chi connectivity index (χ0v) is 25.0. The molecule has 0 saturated heterocycles. The van der Waals surface area contributed by atoms with Crippen LogP contribution in [0.1, 0.15) is 37.8 Å². The highest BCUT2D eigenvalue weighted by Crippen LogP contribution is 2.34. The van der Waals surface area contributed by atoms with Crippen LogP contribution >= 0.6 is 22.6 Å². The molecule has 40 heavy (non-hydrogen) atoms. The van der Waals surface area contributed by atoms with Gasteiger partial charge >= 0.3 is 0 Å². The van der Waals surface area contributed by atoms with E-state index in [1.165, 1.54) is 0 Å². The molecule has 212 valence electrons. The largest absolute Gasteiger partial charge is 0.618 e. The quantitative estimate of drug-likeness (QED) is 0.0926. The predicted molar refractivity (Wildman–Crippen MR) is 162 cm³/mol. The van der Waals surface area contributed by atoms with Crippen molar-refractivity contribution in [1.29, 1.82) is 0 Å². The first-order chi connectivity index (χ1) is 19.6. The molecule has 0 fully saturated rings. The number of hydrogen-bond acceptors (Lipinski definition) is 6. The third kappa shape index (κ3) is 6.75. The molecule has 2 aliphatic rings. The van der Waals surface area contributed by atoms with E-state index in [1.807, 2.05) is 54.7 Å². The van der Waals surface area contributed by atoms with Crippen LogP contribution in [0.4, 0.5) is 0 Å². The summed E-state index contributed by atoms with van der Waals surface area (Å²) < 4.78 is 33.1. The van der Waals surface area contributed by atoms with E-state index in [9.17, 15) is 5.21 Å². The van der Waals surface area contributed by atoms with Gasteiger partial charge in [0.25, 0.3) is 0 Å². The van der Waals surface area contributed by atoms with Gasteiger partial charge in [0.15, 0.2) is 5.70 Å². The van der Waals surface area contributed by atoms with E-state index in [0.29, 0.717) is 25.5 Å². The number of nitrogens with zero attached hydrogens (tertiary/aromatic N) is 2. The van der Waals surface area contributed by atoms with Crippen molar-refractivity contribution in [3.8, 4) is 28.7 Å². The molecule has 8 nitrogen and oxygen atoms in total. The van der Waals surface area contributed by atoms with Crippen LogP contribution in [-0.4, -0.2) is 49.1 Å². The van der Waals surface area contributed by atoms with Crippen LogP contribution in [0.2, 0.25) is 0 Å². The first-order valence-electron chi connectivity index (χ1n) is 13.7. The number of methoxy groups -OCH3 is 2. The lowest BCUT2D eigenvalue weighted by atomic mass is 9.89. The van der Waals surface area contributed by atoms with Gasteiger partial charge in [0.2, 0.25) is 6.21 Å². The molecule has 5 rings (SSSR count). The van der Waals surface area contributed by atoms with Gasteiger partial charge in [0.05, 0.1) is 36.4 Å². The molecule has 0 N–H and O–H groups in total. The van der Waals surface area contributed by atoms with Crippen LogP contribution in [0.25, 0.3) is 0 Å². The van der Waals surface area contributed by atoms with E-state index in [1.54, 1.807) is 20.4 Å². The molecule has 1 unspecified atom stereocenters. The Hall–Kier alpha value is -3.18. The Morgan fingerprint density at radius 1 is 0.925 bits per heavy atom. The molecule has 0 spiro atoms. The summed E-state index contributed by atoms with van der Waals surface area (Å²) in [5, 5.41) is 12.9. The lowest BCUT2D eigenvalue weighted by Crippen LogP contribution is -2.33. The maximum absolute atomic E-state index is 12.9. The van der Waals surface area contributed by atoms with E-state index in [2.05, 4.69) is 33.2 Å². The van der Waals surface area contributed by atoms with Crippen LogP contribution in [-0.2, 0) is 11.3 Å². The Bertz CT molecular complexity index is 1350. The Kier molecular flexibility index (Phi) is 9.53. The zero-order valence-electron chi connectivity index (χ0n) is 22.9. The van der Waals surface area contributed by atoms with Crippen LogP contribution < -0.4 is 18.9 Å². The Balaban J connectivity index is 1.06. The molecule has 2 atom stereocenters. The monoisotopic (exact) mass is 658 g/mol. The molecule has 2 heterocycles. The van der Waals surface area contributed by atoms with Gasteiger partial charge in [0.1, 0.15) is 34.4 Å². The molecule has 1 aliphatic carbocycles. The number of hydrogen-bond donors (Lipinski definition) is 0. The van der Waals surface area contributed by atoms with Crippen LogP contribution in [0.3, 0.4) is 0 Å². The highest BCUT2D eigenvalue weighted by atomic mass is 127. The minimum atomic E-state index is 0.0244. The first-order valence-corrected chi connectivity index (χ1v) is 14.7. The highest BCUT2D eigenvalue weighted by Gasteiger charge is 2.37. The van der Waals surface area contributed by atoms with Crippen molar-refractivity contribution in [1.82, 2.24) is 4.57 Å². The van der Waals surface area contributed by atoms with E-state index >= 15 is 0 Å². The lowest BCUT2D eigenvalue weighted by Gasteiger charge is -2.29. The number of ether oxygens (including phenoxy) is 5. The first kappa shape index (κ1) is 28.4. The number of benzene rings is 2. The Morgan fingerprint density at radius 3 is 2.50 bits per heavy atom. The summed E-state index contributed by atoms with van der Waals surface area (Å²) in [7, 11) is 3.27. The van der Waals surface area contributed by atoms with Crippen LogP contribution in [0.5, 0.6) is 28.7 Å². The fourth-order valence-electron chi connectivity index (χ4n) is 5.16. The van der Waals surface area contributed by atoms with E-state index in [4.69, 9.17) is 23.7 Å². The van der Waals surface area contributed by atoms with Crippen molar-refractivity contribution in [2.45, 2.75) is 44.8 Å². The van der Waals surface area contributed by atoms with Crippen molar-refractivity contribution < 1.29 is 28.4 Å². The Morgan fingerprint density at radius 2 is 1.70 bits per heavy atom. The van der Waals surface area contributed by atoms with Crippen molar-refractivity contribution in [3.63, 3.8) is 0 Å². The maximum Gasteiger partial charge on any atom is 0.208 e. The second-order valence-electron chi connectivity index (χ2n) is 9.88. The van der Waals surface area contributed by atoms with E-state index in [0.717, 1.165) is 74.8 Å². The van der Waals surface area contributed by atoms with Crippen molar-refractivity contribution in [2.24, 2.45) is 5.92 Å². The van der Waals surface area contributed by atoms with Gasteiger partial charge in [-0.1, -0.05) is 0 Å². The number of aromatic nitrogens is 1. The number of unbranched alkanes of at least 4 members (excludes halogenated alkanes) is 2. The van der Waals surface area contributed by atoms with Gasteiger partial charge in [0, 0.05) is 25.4 Å². The molecule has 1 aliphatic heterocycles. The van der Waals surface area contributed by atoms with Gasteiger partial charge in [-0.15, -0.1) is 0 Å². The van der Waals surface area contributed by atoms with Crippen LogP contribution in [0.15, 0.2) is 66.5 Å². The van der Waals surface area contributed by atoms with Crippen molar-refractivity contribution >= 4 is 28.8 Å². The molecule has 1 aromatic heterocycles. The maximum atomic E-state index is 12.9.